The van der Waals surface area contributed by atoms with E-state index in [1.165, 1.54) is 17.5 Å². The van der Waals surface area contributed by atoms with E-state index in [1.807, 2.05) is 42.5 Å². The van der Waals surface area contributed by atoms with Crippen molar-refractivity contribution in [2.45, 2.75) is 12.8 Å². The summed E-state index contributed by atoms with van der Waals surface area (Å²) in [5.74, 6) is 0.661. The Labute approximate surface area is 177 Å². The fraction of sp³-hybridized carbons (Fsp3) is 0.0800. The molecule has 31 heavy (non-hydrogen) atoms. The molecular weight excluding hydrogens is 401 g/mol. The maximum Gasteiger partial charge on any atom is 0.416 e. The van der Waals surface area contributed by atoms with E-state index in [-0.39, 0.29) is 0 Å². The predicted octanol–water partition coefficient (Wildman–Crippen LogP) is 6.88. The highest BCUT2D eigenvalue weighted by atomic mass is 19.4. The Morgan fingerprint density at radius 2 is 1.52 bits per heavy atom. The Hall–Kier alpha value is -3.80. The van der Waals surface area contributed by atoms with Gasteiger partial charge in [-0.3, -0.25) is 5.43 Å². The summed E-state index contributed by atoms with van der Waals surface area (Å²) in [7, 11) is 0. The number of halogens is 3. The van der Waals surface area contributed by atoms with E-state index in [1.54, 1.807) is 6.21 Å². The van der Waals surface area contributed by atoms with Crippen molar-refractivity contribution in [2.24, 2.45) is 5.10 Å². The maximum absolute atomic E-state index is 12.6. The van der Waals surface area contributed by atoms with E-state index >= 15 is 0 Å². The Morgan fingerprint density at radius 3 is 2.29 bits per heavy atom. The van der Waals surface area contributed by atoms with Crippen molar-refractivity contribution in [3.05, 3.63) is 108 Å². The standard InChI is InChI=1S/C25H19F3N2O/c26-25(27,28)22-11-13-23(14-12-22)30-29-16-21-7-3-4-8-24(21)31-17-18-9-10-19-5-1-2-6-20(19)15-18/h1-16,30H,17H2/b29-16+. The summed E-state index contributed by atoms with van der Waals surface area (Å²) in [6, 6.07) is 26.5. The fourth-order valence-corrected chi connectivity index (χ4v) is 3.12. The summed E-state index contributed by atoms with van der Waals surface area (Å²) in [4.78, 5) is 0. The predicted molar refractivity (Wildman–Crippen MR) is 117 cm³/mol. The monoisotopic (exact) mass is 420 g/mol. The number of ether oxygens (including phenoxy) is 1. The third-order valence-corrected chi connectivity index (χ3v) is 4.74. The SMILES string of the molecule is FC(F)(F)c1ccc(N/N=C/c2ccccc2OCc2ccc3ccccc3c2)cc1. The summed E-state index contributed by atoms with van der Waals surface area (Å²) in [6.45, 7) is 0.405. The van der Waals surface area contributed by atoms with Gasteiger partial charge in [0.2, 0.25) is 0 Å². The van der Waals surface area contributed by atoms with Crippen LogP contribution in [0.3, 0.4) is 0 Å². The van der Waals surface area contributed by atoms with E-state index in [0.29, 0.717) is 18.0 Å². The molecule has 1 N–H and O–H groups in total. The second-order valence-corrected chi connectivity index (χ2v) is 6.95. The Balaban J connectivity index is 1.41. The lowest BCUT2D eigenvalue weighted by Gasteiger charge is -2.10. The van der Waals surface area contributed by atoms with Crippen molar-refractivity contribution >= 4 is 22.7 Å². The second kappa shape index (κ2) is 8.92. The van der Waals surface area contributed by atoms with Gasteiger partial charge in [-0.25, -0.2) is 0 Å². The van der Waals surface area contributed by atoms with E-state index in [2.05, 4.69) is 34.8 Å². The van der Waals surface area contributed by atoms with E-state index < -0.39 is 11.7 Å². The first-order valence-corrected chi connectivity index (χ1v) is 9.65. The molecule has 3 nitrogen and oxygen atoms in total. The van der Waals surface area contributed by atoms with Crippen LogP contribution in [-0.2, 0) is 12.8 Å². The Kier molecular flexibility index (Phi) is 5.89. The molecule has 0 saturated heterocycles. The molecule has 0 aliphatic heterocycles. The van der Waals surface area contributed by atoms with E-state index in [0.717, 1.165) is 28.6 Å². The molecule has 0 aliphatic rings. The van der Waals surface area contributed by atoms with Gasteiger partial charge in [-0.05, 0) is 58.8 Å². The average molecular weight is 420 g/mol. The van der Waals surface area contributed by atoms with Crippen molar-refractivity contribution in [2.75, 3.05) is 5.43 Å². The number of fused-ring (bicyclic) bond motifs is 1. The van der Waals surface area contributed by atoms with Crippen LogP contribution in [0.2, 0.25) is 0 Å². The molecule has 0 fully saturated rings. The van der Waals surface area contributed by atoms with Crippen LogP contribution in [0, 0.1) is 0 Å². The van der Waals surface area contributed by atoms with Crippen LogP contribution in [0.5, 0.6) is 5.75 Å². The molecule has 0 radical (unpaired) electrons. The number of para-hydroxylation sites is 1. The van der Waals surface area contributed by atoms with Crippen molar-refractivity contribution in [1.29, 1.82) is 0 Å². The number of hydrogen-bond acceptors (Lipinski definition) is 3. The zero-order chi connectivity index (χ0) is 21.7. The quantitative estimate of drug-likeness (QED) is 0.272. The molecule has 0 unspecified atom stereocenters. The molecule has 0 aromatic heterocycles. The van der Waals surface area contributed by atoms with Crippen LogP contribution in [0.25, 0.3) is 10.8 Å². The van der Waals surface area contributed by atoms with Crippen LogP contribution in [-0.4, -0.2) is 6.21 Å². The molecule has 6 heteroatoms. The maximum atomic E-state index is 12.6. The minimum atomic E-state index is -4.36. The highest BCUT2D eigenvalue weighted by Crippen LogP contribution is 2.29. The van der Waals surface area contributed by atoms with Gasteiger partial charge in [-0.2, -0.15) is 18.3 Å². The number of nitrogens with zero attached hydrogens (tertiary/aromatic N) is 1. The minimum absolute atomic E-state index is 0.405. The number of hydrogen-bond donors (Lipinski definition) is 1. The highest BCUT2D eigenvalue weighted by molar-refractivity contribution is 5.84. The van der Waals surface area contributed by atoms with E-state index in [9.17, 15) is 13.2 Å². The third kappa shape index (κ3) is 5.22. The zero-order valence-electron chi connectivity index (χ0n) is 16.4. The lowest BCUT2D eigenvalue weighted by Crippen LogP contribution is -2.04. The Morgan fingerprint density at radius 1 is 0.806 bits per heavy atom. The van der Waals surface area contributed by atoms with Gasteiger partial charge >= 0.3 is 6.18 Å². The molecule has 0 heterocycles. The summed E-state index contributed by atoms with van der Waals surface area (Å²) in [6.07, 6.45) is -2.78. The molecule has 4 aromatic carbocycles. The normalized spacial score (nSPS) is 11.7. The highest BCUT2D eigenvalue weighted by Gasteiger charge is 2.29. The lowest BCUT2D eigenvalue weighted by atomic mass is 10.1. The zero-order valence-corrected chi connectivity index (χ0v) is 16.4. The largest absolute Gasteiger partial charge is 0.488 e. The number of nitrogens with one attached hydrogen (secondary N) is 1. The summed E-state index contributed by atoms with van der Waals surface area (Å²) in [5, 5.41) is 6.45. The number of alkyl halides is 3. The molecule has 0 saturated carbocycles. The van der Waals surface area contributed by atoms with Gasteiger partial charge in [0.15, 0.2) is 0 Å². The van der Waals surface area contributed by atoms with Crippen molar-refractivity contribution in [1.82, 2.24) is 0 Å². The first kappa shape index (κ1) is 20.5. The van der Waals surface area contributed by atoms with Gasteiger partial charge in [-0.1, -0.05) is 48.5 Å². The number of rotatable bonds is 6. The average Bonchev–Trinajstić information content (AvgIpc) is 2.78. The topological polar surface area (TPSA) is 33.6 Å². The molecule has 156 valence electrons. The van der Waals surface area contributed by atoms with Gasteiger partial charge in [-0.15, -0.1) is 0 Å². The van der Waals surface area contributed by atoms with Gasteiger partial charge < -0.3 is 4.74 Å². The second-order valence-electron chi connectivity index (χ2n) is 6.95. The third-order valence-electron chi connectivity index (χ3n) is 4.74. The molecule has 0 amide bonds. The van der Waals surface area contributed by atoms with Crippen LogP contribution in [0.4, 0.5) is 18.9 Å². The molecule has 0 atom stereocenters. The van der Waals surface area contributed by atoms with Crippen LogP contribution < -0.4 is 10.2 Å². The first-order valence-electron chi connectivity index (χ1n) is 9.65. The van der Waals surface area contributed by atoms with Crippen LogP contribution in [0.1, 0.15) is 16.7 Å². The Bertz CT molecular complexity index is 1200. The molecule has 0 bridgehead atoms. The summed E-state index contributed by atoms with van der Waals surface area (Å²) >= 11 is 0. The van der Waals surface area contributed by atoms with Crippen LogP contribution >= 0.6 is 0 Å². The summed E-state index contributed by atoms with van der Waals surface area (Å²) in [5.41, 5.74) is 4.30. The van der Waals surface area contributed by atoms with Crippen molar-refractivity contribution in [3.63, 3.8) is 0 Å². The number of anilines is 1. The van der Waals surface area contributed by atoms with Crippen molar-refractivity contribution < 1.29 is 17.9 Å². The lowest BCUT2D eigenvalue weighted by molar-refractivity contribution is -0.137. The van der Waals surface area contributed by atoms with Gasteiger partial charge in [0.05, 0.1) is 17.5 Å². The molecule has 4 aromatic rings. The van der Waals surface area contributed by atoms with Crippen molar-refractivity contribution in [3.8, 4) is 5.75 Å². The summed E-state index contributed by atoms with van der Waals surface area (Å²) < 4.78 is 43.9. The number of hydrazone groups is 1. The van der Waals surface area contributed by atoms with Gasteiger partial charge in [0.25, 0.3) is 0 Å². The first-order chi connectivity index (χ1) is 15.0. The van der Waals surface area contributed by atoms with Gasteiger partial charge in [0, 0.05) is 5.56 Å². The van der Waals surface area contributed by atoms with Gasteiger partial charge in [0.1, 0.15) is 12.4 Å². The minimum Gasteiger partial charge on any atom is -0.488 e. The fourth-order valence-electron chi connectivity index (χ4n) is 3.12. The van der Waals surface area contributed by atoms with Crippen LogP contribution in [0.15, 0.2) is 96.1 Å². The van der Waals surface area contributed by atoms with E-state index in [4.69, 9.17) is 4.74 Å². The molecule has 4 rings (SSSR count). The molecular formula is C25H19F3N2O. The smallest absolute Gasteiger partial charge is 0.416 e. The number of benzene rings is 4. The molecule has 0 aliphatic carbocycles. The molecule has 0 spiro atoms.